The van der Waals surface area contributed by atoms with E-state index >= 15 is 0 Å². The van der Waals surface area contributed by atoms with Crippen LogP contribution in [-0.2, 0) is 4.79 Å². The molecule has 0 aromatic heterocycles. The first kappa shape index (κ1) is 8.21. The molecule has 0 atom stereocenters. The minimum absolute atomic E-state index is 0.784. The van der Waals surface area contributed by atoms with Gasteiger partial charge in [-0.3, -0.25) is 4.79 Å². The molecular formula is C3Cl3FO. The summed E-state index contributed by atoms with van der Waals surface area (Å²) in [6.07, 6.45) is 0. The molecule has 46 valence electrons. The lowest BCUT2D eigenvalue weighted by Crippen LogP contribution is -1.83. The minimum Gasteiger partial charge on any atom is -0.274 e. The molecule has 0 fully saturated rings. The highest BCUT2D eigenvalue weighted by atomic mass is 35.5. The molecule has 1 nitrogen and oxygen atoms in total. The van der Waals surface area contributed by atoms with Crippen LogP contribution in [0.2, 0.25) is 0 Å². The molecule has 0 aliphatic carbocycles. The number of rotatable bonds is 1. The molecular weight excluding hydrogens is 177 g/mol. The highest BCUT2D eigenvalue weighted by Crippen LogP contribution is 2.16. The predicted octanol–water partition coefficient (Wildman–Crippen LogP) is 2.37. The third-order valence-corrected chi connectivity index (χ3v) is 1.25. The Morgan fingerprint density at radius 3 is 1.62 bits per heavy atom. The van der Waals surface area contributed by atoms with Gasteiger partial charge in [0, 0.05) is 0 Å². The van der Waals surface area contributed by atoms with Crippen molar-refractivity contribution in [2.45, 2.75) is 0 Å². The summed E-state index contributed by atoms with van der Waals surface area (Å²) in [6, 6.07) is 0. The predicted molar refractivity (Wildman–Crippen MR) is 30.7 cm³/mol. The molecule has 0 saturated heterocycles. The molecule has 0 radical (unpaired) electrons. The molecule has 0 heterocycles. The summed E-state index contributed by atoms with van der Waals surface area (Å²) in [5.41, 5.74) is 0. The molecule has 0 aliphatic heterocycles. The SMILES string of the molecule is O=C(Cl)/C(Cl)=C(\F)Cl. The van der Waals surface area contributed by atoms with Crippen LogP contribution in [0.3, 0.4) is 0 Å². The fraction of sp³-hybridized carbons (Fsp3) is 0. The molecule has 0 aromatic rings. The van der Waals surface area contributed by atoms with Gasteiger partial charge in [0.15, 0.2) is 0 Å². The van der Waals surface area contributed by atoms with Crippen LogP contribution in [0.15, 0.2) is 10.3 Å². The van der Waals surface area contributed by atoms with Crippen LogP contribution in [-0.4, -0.2) is 5.24 Å². The van der Waals surface area contributed by atoms with E-state index in [4.69, 9.17) is 11.6 Å². The van der Waals surface area contributed by atoms with Gasteiger partial charge >= 0.3 is 0 Å². The summed E-state index contributed by atoms with van der Waals surface area (Å²) in [6.45, 7) is 0. The molecule has 0 saturated carbocycles. The monoisotopic (exact) mass is 176 g/mol. The number of carbonyl (C=O) groups excluding carboxylic acids is 1. The van der Waals surface area contributed by atoms with Gasteiger partial charge in [0.2, 0.25) is 5.29 Å². The van der Waals surface area contributed by atoms with Crippen molar-refractivity contribution in [1.82, 2.24) is 0 Å². The van der Waals surface area contributed by atoms with Gasteiger partial charge < -0.3 is 0 Å². The van der Waals surface area contributed by atoms with Crippen LogP contribution < -0.4 is 0 Å². The van der Waals surface area contributed by atoms with E-state index in [1.54, 1.807) is 0 Å². The Morgan fingerprint density at radius 2 is 1.62 bits per heavy atom. The summed E-state index contributed by atoms with van der Waals surface area (Å²) in [5, 5.41) is -3.17. The fourth-order valence-electron chi connectivity index (χ4n) is 0.0743. The van der Waals surface area contributed by atoms with Gasteiger partial charge in [0.25, 0.3) is 5.24 Å². The zero-order valence-corrected chi connectivity index (χ0v) is 5.69. The second kappa shape index (κ2) is 3.28. The Morgan fingerprint density at radius 1 is 1.25 bits per heavy atom. The van der Waals surface area contributed by atoms with E-state index in [2.05, 4.69) is 23.2 Å². The molecule has 0 spiro atoms. The fourth-order valence-corrected chi connectivity index (χ4v) is 0.291. The Labute approximate surface area is 60.0 Å². The number of allylic oxidation sites excluding steroid dienone is 1. The van der Waals surface area contributed by atoms with Crippen molar-refractivity contribution in [2.24, 2.45) is 0 Å². The van der Waals surface area contributed by atoms with E-state index in [0.717, 1.165) is 0 Å². The maximum absolute atomic E-state index is 11.6. The molecule has 5 heteroatoms. The zero-order valence-electron chi connectivity index (χ0n) is 3.42. The van der Waals surface area contributed by atoms with Crippen molar-refractivity contribution in [1.29, 1.82) is 0 Å². The Balaban J connectivity index is 4.23. The first-order valence-electron chi connectivity index (χ1n) is 1.46. The van der Waals surface area contributed by atoms with Crippen LogP contribution in [0, 0.1) is 0 Å². The van der Waals surface area contributed by atoms with Gasteiger partial charge in [-0.25, -0.2) is 0 Å². The van der Waals surface area contributed by atoms with Crippen molar-refractivity contribution < 1.29 is 9.18 Å². The molecule has 8 heavy (non-hydrogen) atoms. The molecule has 0 rings (SSSR count). The number of carbonyl (C=O) groups is 1. The number of hydrogen-bond donors (Lipinski definition) is 0. The number of hydrogen-bond acceptors (Lipinski definition) is 1. The van der Waals surface area contributed by atoms with Gasteiger partial charge in [-0.15, -0.1) is 0 Å². The molecule has 0 unspecified atom stereocenters. The zero-order chi connectivity index (χ0) is 6.73. The van der Waals surface area contributed by atoms with Gasteiger partial charge in [-0.2, -0.15) is 4.39 Å². The quantitative estimate of drug-likeness (QED) is 0.444. The molecule has 0 aliphatic rings. The van der Waals surface area contributed by atoms with E-state index in [0.29, 0.717) is 0 Å². The van der Waals surface area contributed by atoms with Crippen LogP contribution >= 0.6 is 34.8 Å². The third kappa shape index (κ3) is 2.50. The van der Waals surface area contributed by atoms with Crippen LogP contribution in [0.1, 0.15) is 0 Å². The third-order valence-electron chi connectivity index (χ3n) is 0.338. The highest BCUT2D eigenvalue weighted by Gasteiger charge is 2.06. The van der Waals surface area contributed by atoms with E-state index in [1.165, 1.54) is 0 Å². The largest absolute Gasteiger partial charge is 0.274 e. The van der Waals surface area contributed by atoms with Crippen molar-refractivity contribution in [2.75, 3.05) is 0 Å². The maximum atomic E-state index is 11.6. The van der Waals surface area contributed by atoms with E-state index in [9.17, 15) is 9.18 Å². The Hall–Kier alpha value is 0.210. The topological polar surface area (TPSA) is 17.1 Å². The number of halogens is 4. The summed E-state index contributed by atoms with van der Waals surface area (Å²) in [4.78, 5) is 9.84. The standard InChI is InChI=1S/C3Cl3FO/c4-1(2(5)7)3(6)8/b2-1+. The average Bonchev–Trinajstić information content (AvgIpc) is 1.64. The normalized spacial score (nSPS) is 13.0. The molecule has 0 bridgehead atoms. The lowest BCUT2D eigenvalue weighted by Gasteiger charge is -1.83. The van der Waals surface area contributed by atoms with Crippen LogP contribution in [0.5, 0.6) is 0 Å². The van der Waals surface area contributed by atoms with Crippen LogP contribution in [0.4, 0.5) is 4.39 Å². The summed E-state index contributed by atoms with van der Waals surface area (Å²) in [7, 11) is 0. The highest BCUT2D eigenvalue weighted by molar-refractivity contribution is 6.75. The van der Waals surface area contributed by atoms with Gasteiger partial charge in [-0.05, 0) is 23.2 Å². The Bertz CT molecular complexity index is 137. The maximum Gasteiger partial charge on any atom is 0.267 e. The van der Waals surface area contributed by atoms with Crippen molar-refractivity contribution in [3.05, 3.63) is 10.3 Å². The second-order valence-corrected chi connectivity index (χ2v) is 1.90. The first-order valence-corrected chi connectivity index (χ1v) is 2.59. The van der Waals surface area contributed by atoms with E-state index in [1.807, 2.05) is 0 Å². The van der Waals surface area contributed by atoms with E-state index < -0.39 is 15.6 Å². The summed E-state index contributed by atoms with van der Waals surface area (Å²) < 4.78 is 11.6. The Kier molecular flexibility index (Phi) is 3.36. The second-order valence-electron chi connectivity index (χ2n) is 0.848. The van der Waals surface area contributed by atoms with Crippen molar-refractivity contribution in [3.8, 4) is 0 Å². The van der Waals surface area contributed by atoms with E-state index in [-0.39, 0.29) is 0 Å². The molecule has 0 aromatic carbocycles. The minimum atomic E-state index is -1.29. The van der Waals surface area contributed by atoms with Gasteiger partial charge in [0.05, 0.1) is 0 Å². The van der Waals surface area contributed by atoms with Gasteiger partial charge in [-0.1, -0.05) is 11.6 Å². The lowest BCUT2D eigenvalue weighted by molar-refractivity contribution is -0.108. The molecule has 0 N–H and O–H groups in total. The summed E-state index contributed by atoms with van der Waals surface area (Å²) in [5.74, 6) is 0. The first-order chi connectivity index (χ1) is 3.55. The molecule has 0 amide bonds. The van der Waals surface area contributed by atoms with Crippen molar-refractivity contribution in [3.63, 3.8) is 0 Å². The summed E-state index contributed by atoms with van der Waals surface area (Å²) >= 11 is 14.1. The smallest absolute Gasteiger partial charge is 0.267 e. The van der Waals surface area contributed by atoms with Gasteiger partial charge in [0.1, 0.15) is 5.03 Å². The van der Waals surface area contributed by atoms with Crippen molar-refractivity contribution >= 4 is 40.0 Å². The van der Waals surface area contributed by atoms with Crippen LogP contribution in [0.25, 0.3) is 0 Å². The average molecular weight is 177 g/mol. The lowest BCUT2D eigenvalue weighted by atomic mass is 10.7.